The molecule has 0 fully saturated rings. The van der Waals surface area contributed by atoms with Crippen LogP contribution in [0.2, 0.25) is 0 Å². The minimum atomic E-state index is -0.0430. The highest BCUT2D eigenvalue weighted by Gasteiger charge is 2.40. The minimum absolute atomic E-state index is 0.0430. The van der Waals surface area contributed by atoms with E-state index in [1.165, 1.54) is 61.2 Å². The Hall–Kier alpha value is -3.45. The van der Waals surface area contributed by atoms with E-state index in [1.807, 2.05) is 0 Å². The summed E-state index contributed by atoms with van der Waals surface area (Å²) in [6.45, 7) is 13.8. The Kier molecular flexibility index (Phi) is 4.51. The van der Waals surface area contributed by atoms with Gasteiger partial charge in [0.25, 0.3) is 0 Å². The van der Waals surface area contributed by atoms with E-state index in [-0.39, 0.29) is 5.41 Å². The molecule has 1 atom stereocenters. The van der Waals surface area contributed by atoms with E-state index < -0.39 is 0 Å². The van der Waals surface area contributed by atoms with Crippen molar-refractivity contribution in [3.63, 3.8) is 0 Å². The molecular formula is C33H31N. The summed E-state index contributed by atoms with van der Waals surface area (Å²) in [6, 6.07) is 24.5. The van der Waals surface area contributed by atoms with Gasteiger partial charge in [0.05, 0.1) is 11.4 Å². The van der Waals surface area contributed by atoms with Gasteiger partial charge in [-0.1, -0.05) is 80.1 Å². The van der Waals surface area contributed by atoms with Gasteiger partial charge in [-0.25, -0.2) is 4.99 Å². The summed E-state index contributed by atoms with van der Waals surface area (Å²) in [7, 11) is 0. The van der Waals surface area contributed by atoms with Crippen molar-refractivity contribution >= 4 is 28.6 Å². The van der Waals surface area contributed by atoms with Crippen molar-refractivity contribution in [2.45, 2.75) is 52.9 Å². The molecule has 1 nitrogen and oxygen atoms in total. The highest BCUT2D eigenvalue weighted by atomic mass is 14.8. The number of aliphatic imine (C=N–C) groups is 1. The second-order valence-electron chi connectivity index (χ2n) is 10.7. The van der Waals surface area contributed by atoms with E-state index in [0.717, 1.165) is 11.4 Å². The Balaban J connectivity index is 1.54. The van der Waals surface area contributed by atoms with E-state index in [2.05, 4.69) is 114 Å². The molecule has 0 amide bonds. The lowest BCUT2D eigenvalue weighted by Gasteiger charge is -2.36. The smallest absolute Gasteiger partial charge is 0.0754 e. The zero-order valence-corrected chi connectivity index (χ0v) is 21.0. The number of aryl methyl sites for hydroxylation is 1. The summed E-state index contributed by atoms with van der Waals surface area (Å²) in [5.41, 5.74) is 17.1. The Morgan fingerprint density at radius 3 is 2.24 bits per heavy atom. The molecule has 34 heavy (non-hydrogen) atoms. The van der Waals surface area contributed by atoms with Gasteiger partial charge in [0.1, 0.15) is 0 Å². The van der Waals surface area contributed by atoms with E-state index >= 15 is 0 Å². The average Bonchev–Trinajstić information content (AvgIpc) is 3.42. The number of hydrogen-bond donors (Lipinski definition) is 0. The first kappa shape index (κ1) is 21.1. The monoisotopic (exact) mass is 441 g/mol. The Morgan fingerprint density at radius 1 is 0.765 bits per heavy atom. The number of allylic oxidation sites excluding steroid dienone is 5. The molecule has 3 aromatic carbocycles. The van der Waals surface area contributed by atoms with Crippen LogP contribution in [0.4, 0.5) is 5.69 Å². The predicted molar refractivity (Wildman–Crippen MR) is 146 cm³/mol. The topological polar surface area (TPSA) is 12.4 Å². The van der Waals surface area contributed by atoms with E-state index in [9.17, 15) is 0 Å². The van der Waals surface area contributed by atoms with Crippen molar-refractivity contribution in [2.75, 3.05) is 0 Å². The zero-order valence-electron chi connectivity index (χ0n) is 21.0. The highest BCUT2D eigenvalue weighted by Crippen LogP contribution is 2.53. The Bertz CT molecular complexity index is 1490. The molecule has 1 aliphatic heterocycles. The molecule has 0 saturated carbocycles. The molecule has 3 aromatic rings. The number of fused-ring (bicyclic) bond motifs is 4. The molecule has 1 heterocycles. The largest absolute Gasteiger partial charge is 0.247 e. The molecule has 0 bridgehead atoms. The van der Waals surface area contributed by atoms with Crippen molar-refractivity contribution in [1.82, 2.24) is 0 Å². The van der Waals surface area contributed by atoms with Crippen molar-refractivity contribution in [1.29, 1.82) is 0 Å². The van der Waals surface area contributed by atoms with Crippen LogP contribution in [-0.2, 0) is 5.41 Å². The van der Waals surface area contributed by atoms with E-state index in [1.54, 1.807) is 0 Å². The lowest BCUT2D eigenvalue weighted by atomic mass is 9.67. The summed E-state index contributed by atoms with van der Waals surface area (Å²) in [5, 5.41) is 0. The fraction of sp³-hybridized carbons (Fsp3) is 0.242. The Morgan fingerprint density at radius 2 is 1.47 bits per heavy atom. The lowest BCUT2D eigenvalue weighted by Crippen LogP contribution is -2.28. The molecule has 0 saturated heterocycles. The number of rotatable bonds is 3. The summed E-state index contributed by atoms with van der Waals surface area (Å²) in [6.07, 6.45) is 2.37. The van der Waals surface area contributed by atoms with Gasteiger partial charge >= 0.3 is 0 Å². The molecule has 2 aliphatic carbocycles. The van der Waals surface area contributed by atoms with Gasteiger partial charge in [0.15, 0.2) is 0 Å². The predicted octanol–water partition coefficient (Wildman–Crippen LogP) is 8.82. The molecule has 3 aliphatic rings. The van der Waals surface area contributed by atoms with Gasteiger partial charge in [-0.2, -0.15) is 0 Å². The summed E-state index contributed by atoms with van der Waals surface area (Å²) < 4.78 is 0. The van der Waals surface area contributed by atoms with Crippen LogP contribution in [0, 0.1) is 6.92 Å². The minimum Gasteiger partial charge on any atom is -0.247 e. The molecule has 0 radical (unpaired) electrons. The first-order valence-electron chi connectivity index (χ1n) is 12.3. The van der Waals surface area contributed by atoms with Crippen LogP contribution in [0.15, 0.2) is 88.4 Å². The van der Waals surface area contributed by atoms with Crippen LogP contribution in [0.25, 0.3) is 17.2 Å². The Labute approximate surface area is 203 Å². The summed E-state index contributed by atoms with van der Waals surface area (Å²) in [5.74, 6) is 0.370. The van der Waals surface area contributed by atoms with Gasteiger partial charge in [-0.05, 0) is 84.4 Å². The molecule has 0 aromatic heterocycles. The van der Waals surface area contributed by atoms with E-state index in [0.29, 0.717) is 5.92 Å². The van der Waals surface area contributed by atoms with Gasteiger partial charge in [0, 0.05) is 22.5 Å². The van der Waals surface area contributed by atoms with Gasteiger partial charge < -0.3 is 0 Å². The van der Waals surface area contributed by atoms with Gasteiger partial charge in [-0.3, -0.25) is 0 Å². The van der Waals surface area contributed by atoms with Crippen molar-refractivity contribution in [2.24, 2.45) is 4.99 Å². The molecular weight excluding hydrogens is 410 g/mol. The molecule has 0 spiro atoms. The third kappa shape index (κ3) is 2.83. The molecule has 0 N–H and O–H groups in total. The third-order valence-electron chi connectivity index (χ3n) is 8.25. The third-order valence-corrected chi connectivity index (χ3v) is 8.25. The van der Waals surface area contributed by atoms with Crippen molar-refractivity contribution < 1.29 is 0 Å². The van der Waals surface area contributed by atoms with Crippen LogP contribution >= 0.6 is 0 Å². The van der Waals surface area contributed by atoms with Gasteiger partial charge in [0.2, 0.25) is 0 Å². The van der Waals surface area contributed by atoms with Crippen LogP contribution in [0.1, 0.15) is 73.9 Å². The standard InChI is InChI=1S/C33H31N/c1-19-17-28-26(30-29(23-12-8-7-9-13-23)21(3)22(4)32(30)34-28)18-27(19)33(5,6)31-20(2)16-24-14-10-11-15-25(24)31/h7-18,31H,1-6H3. The fourth-order valence-corrected chi connectivity index (χ4v) is 6.62. The maximum atomic E-state index is 5.14. The maximum absolute atomic E-state index is 5.14. The zero-order chi connectivity index (χ0) is 23.8. The second kappa shape index (κ2) is 7.27. The number of benzene rings is 3. The first-order chi connectivity index (χ1) is 16.3. The first-order valence-corrected chi connectivity index (χ1v) is 12.3. The summed E-state index contributed by atoms with van der Waals surface area (Å²) >= 11 is 0. The highest BCUT2D eigenvalue weighted by molar-refractivity contribution is 6.45. The lowest BCUT2D eigenvalue weighted by molar-refractivity contribution is 0.456. The van der Waals surface area contributed by atoms with E-state index in [4.69, 9.17) is 4.99 Å². The normalized spacial score (nSPS) is 18.7. The number of hydrogen-bond acceptors (Lipinski definition) is 1. The van der Waals surface area contributed by atoms with Crippen LogP contribution in [-0.4, -0.2) is 5.71 Å². The summed E-state index contributed by atoms with van der Waals surface area (Å²) in [4.78, 5) is 5.14. The average molecular weight is 442 g/mol. The maximum Gasteiger partial charge on any atom is 0.0754 e. The molecule has 6 rings (SSSR count). The molecule has 1 heteroatoms. The van der Waals surface area contributed by atoms with Crippen LogP contribution < -0.4 is 0 Å². The molecule has 168 valence electrons. The van der Waals surface area contributed by atoms with Crippen molar-refractivity contribution in [3.05, 3.63) is 117 Å². The van der Waals surface area contributed by atoms with Gasteiger partial charge in [-0.15, -0.1) is 0 Å². The fourth-order valence-electron chi connectivity index (χ4n) is 6.62. The van der Waals surface area contributed by atoms with Crippen LogP contribution in [0.3, 0.4) is 0 Å². The number of nitrogens with zero attached hydrogens (tertiary/aromatic N) is 1. The second-order valence-corrected chi connectivity index (χ2v) is 10.7. The SMILES string of the molecule is CC1=Cc2ccccc2C1C(C)(C)c1cc2c(cc1C)N=C1C(C)=C(C)C(c3ccccc3)=C12. The quantitative estimate of drug-likeness (QED) is 0.385. The van der Waals surface area contributed by atoms with Crippen LogP contribution in [0.5, 0.6) is 0 Å². The molecule has 1 unspecified atom stereocenters. The van der Waals surface area contributed by atoms with Crippen molar-refractivity contribution in [3.8, 4) is 0 Å².